The smallest absolute Gasteiger partial charge is 0.104 e. The zero-order chi connectivity index (χ0) is 22.6. The van der Waals surface area contributed by atoms with Crippen molar-refractivity contribution < 1.29 is 14.6 Å². The van der Waals surface area contributed by atoms with Gasteiger partial charge in [0.2, 0.25) is 0 Å². The highest BCUT2D eigenvalue weighted by Crippen LogP contribution is 2.68. The molecule has 4 fully saturated rings. The van der Waals surface area contributed by atoms with Gasteiger partial charge >= 0.3 is 0 Å². The quantitative estimate of drug-likeness (QED) is 0.474. The zero-order valence-corrected chi connectivity index (χ0v) is 20.9. The third-order valence-electron chi connectivity index (χ3n) is 11.5. The molecule has 0 heterocycles. The molecule has 10 atom stereocenters. The Labute approximate surface area is 190 Å². The van der Waals surface area contributed by atoms with Gasteiger partial charge in [-0.2, -0.15) is 0 Å². The number of hydrogen-bond donors (Lipinski definition) is 2. The van der Waals surface area contributed by atoms with Crippen LogP contribution in [0.25, 0.3) is 0 Å². The van der Waals surface area contributed by atoms with Crippen molar-refractivity contribution in [1.82, 2.24) is 0 Å². The number of halogens is 1. The molecule has 31 heavy (non-hydrogen) atoms. The predicted molar refractivity (Wildman–Crippen MR) is 125 cm³/mol. The maximum Gasteiger partial charge on any atom is 0.104 e. The fraction of sp³-hybridized carbons (Fsp3) is 1.00. The minimum absolute atomic E-state index is 0.144. The van der Waals surface area contributed by atoms with Gasteiger partial charge in [0.1, 0.15) is 6.17 Å². The van der Waals surface area contributed by atoms with Crippen LogP contribution < -0.4 is 0 Å². The van der Waals surface area contributed by atoms with E-state index < -0.39 is 11.8 Å². The van der Waals surface area contributed by atoms with Crippen LogP contribution in [-0.4, -0.2) is 28.1 Å². The average molecular weight is 437 g/mol. The van der Waals surface area contributed by atoms with Crippen LogP contribution in [0.2, 0.25) is 0 Å². The summed E-state index contributed by atoms with van der Waals surface area (Å²) in [6, 6.07) is 0. The number of rotatable bonds is 6. The van der Waals surface area contributed by atoms with E-state index in [1.54, 1.807) is 0 Å². The molecular weight excluding hydrogens is 387 g/mol. The van der Waals surface area contributed by atoms with E-state index in [1.165, 1.54) is 38.5 Å². The lowest BCUT2D eigenvalue weighted by Gasteiger charge is -2.62. The fourth-order valence-electron chi connectivity index (χ4n) is 9.14. The number of alkyl halides is 1. The Balaban J connectivity index is 1.46. The molecule has 180 valence electrons. The Hall–Kier alpha value is -0.150. The molecule has 0 aromatic rings. The van der Waals surface area contributed by atoms with E-state index in [1.807, 2.05) is 13.8 Å². The predicted octanol–water partition coefficient (Wildman–Crippen LogP) is 6.92. The molecule has 4 saturated carbocycles. The summed E-state index contributed by atoms with van der Waals surface area (Å²) in [5.74, 6) is 3.26. The standard InChI is InChI=1S/C28H49FO2/c1-6-28(31)16-15-26(4)19(17-28)7-8-20-21-9-10-23(27(21,5)14-13-22(20)26)24(29)11-12-25(30)18(2)3/h18-25,30-31H,6-17H2,1-5H3/t19-,20-,21-,22-,23+,24+,25-,26-,27-,28-/m0/s1. The Bertz CT molecular complexity index is 637. The van der Waals surface area contributed by atoms with E-state index in [4.69, 9.17) is 0 Å². The molecule has 0 bridgehead atoms. The fourth-order valence-corrected chi connectivity index (χ4v) is 9.14. The van der Waals surface area contributed by atoms with Crippen molar-refractivity contribution in [3.05, 3.63) is 0 Å². The Morgan fingerprint density at radius 1 is 0.903 bits per heavy atom. The lowest BCUT2D eigenvalue weighted by molar-refractivity contribution is -0.153. The van der Waals surface area contributed by atoms with E-state index in [2.05, 4.69) is 20.8 Å². The summed E-state index contributed by atoms with van der Waals surface area (Å²) in [5.41, 5.74) is 0.0895. The summed E-state index contributed by atoms with van der Waals surface area (Å²) in [4.78, 5) is 0. The van der Waals surface area contributed by atoms with Crippen molar-refractivity contribution in [2.45, 2.75) is 130 Å². The number of aliphatic hydroxyl groups is 2. The van der Waals surface area contributed by atoms with Gasteiger partial charge in [-0.15, -0.1) is 0 Å². The number of aliphatic hydroxyl groups excluding tert-OH is 1. The average Bonchev–Trinajstić information content (AvgIpc) is 3.09. The maximum absolute atomic E-state index is 15.5. The van der Waals surface area contributed by atoms with E-state index in [0.29, 0.717) is 30.1 Å². The second kappa shape index (κ2) is 8.57. The molecular formula is C28H49FO2. The molecule has 0 unspecified atom stereocenters. The van der Waals surface area contributed by atoms with Crippen molar-refractivity contribution in [3.63, 3.8) is 0 Å². The summed E-state index contributed by atoms with van der Waals surface area (Å²) in [7, 11) is 0. The van der Waals surface area contributed by atoms with Crippen molar-refractivity contribution in [3.8, 4) is 0 Å². The second-order valence-electron chi connectivity index (χ2n) is 13.1. The molecule has 4 aliphatic carbocycles. The van der Waals surface area contributed by atoms with Gasteiger partial charge in [0.25, 0.3) is 0 Å². The van der Waals surface area contributed by atoms with E-state index in [0.717, 1.165) is 37.5 Å². The Morgan fingerprint density at radius 3 is 2.29 bits per heavy atom. The van der Waals surface area contributed by atoms with Gasteiger partial charge in [0.05, 0.1) is 11.7 Å². The van der Waals surface area contributed by atoms with E-state index >= 15 is 4.39 Å². The maximum atomic E-state index is 15.5. The highest BCUT2D eigenvalue weighted by molar-refractivity contribution is 5.11. The van der Waals surface area contributed by atoms with Crippen molar-refractivity contribution in [1.29, 1.82) is 0 Å². The molecule has 2 nitrogen and oxygen atoms in total. The van der Waals surface area contributed by atoms with Crippen LogP contribution >= 0.6 is 0 Å². The SMILES string of the molecule is CC[C@]1(O)CC[C@@]2(C)[C@@H](CC[C@@H]3[C@@H]2CC[C@]2(C)[C@@H]([C@H](F)CC[C@H](O)C(C)C)CC[C@@H]32)C1. The largest absolute Gasteiger partial charge is 0.393 e. The van der Waals surface area contributed by atoms with Gasteiger partial charge in [-0.1, -0.05) is 34.6 Å². The topological polar surface area (TPSA) is 40.5 Å². The lowest BCUT2D eigenvalue weighted by atomic mass is 9.43. The Kier molecular flexibility index (Phi) is 6.63. The second-order valence-corrected chi connectivity index (χ2v) is 13.1. The van der Waals surface area contributed by atoms with E-state index in [-0.39, 0.29) is 23.4 Å². The first-order valence-corrected chi connectivity index (χ1v) is 13.6. The third-order valence-corrected chi connectivity index (χ3v) is 11.5. The Morgan fingerprint density at radius 2 is 1.61 bits per heavy atom. The first-order chi connectivity index (χ1) is 14.5. The van der Waals surface area contributed by atoms with Gasteiger partial charge in [0, 0.05) is 0 Å². The van der Waals surface area contributed by atoms with Gasteiger partial charge in [0.15, 0.2) is 0 Å². The molecule has 0 amide bonds. The van der Waals surface area contributed by atoms with E-state index in [9.17, 15) is 10.2 Å². The summed E-state index contributed by atoms with van der Waals surface area (Å²) in [6.45, 7) is 11.2. The highest BCUT2D eigenvalue weighted by atomic mass is 19.1. The van der Waals surface area contributed by atoms with Crippen LogP contribution in [0, 0.1) is 46.3 Å². The summed E-state index contributed by atoms with van der Waals surface area (Å²) in [5, 5.41) is 21.2. The molecule has 0 saturated heterocycles. The minimum Gasteiger partial charge on any atom is -0.393 e. The highest BCUT2D eigenvalue weighted by Gasteiger charge is 2.61. The monoisotopic (exact) mass is 436 g/mol. The number of hydrogen-bond acceptors (Lipinski definition) is 2. The minimum atomic E-state index is -0.763. The van der Waals surface area contributed by atoms with Crippen LogP contribution in [0.4, 0.5) is 4.39 Å². The summed E-state index contributed by atoms with van der Waals surface area (Å²) in [6.07, 6.45) is 11.2. The molecule has 4 rings (SSSR count). The third kappa shape index (κ3) is 4.02. The molecule has 2 N–H and O–H groups in total. The van der Waals surface area contributed by atoms with Gasteiger partial charge in [-0.25, -0.2) is 4.39 Å². The summed E-state index contributed by atoms with van der Waals surface area (Å²) >= 11 is 0. The van der Waals surface area contributed by atoms with Crippen LogP contribution in [0.15, 0.2) is 0 Å². The normalized spacial score (nSPS) is 49.3. The van der Waals surface area contributed by atoms with Crippen molar-refractivity contribution in [2.75, 3.05) is 0 Å². The van der Waals surface area contributed by atoms with Crippen LogP contribution in [-0.2, 0) is 0 Å². The molecule has 4 aliphatic rings. The number of fused-ring (bicyclic) bond motifs is 5. The molecule has 0 aliphatic heterocycles. The van der Waals surface area contributed by atoms with Crippen molar-refractivity contribution in [2.24, 2.45) is 46.3 Å². The van der Waals surface area contributed by atoms with Gasteiger partial charge < -0.3 is 10.2 Å². The molecule has 0 aromatic heterocycles. The van der Waals surface area contributed by atoms with Gasteiger partial charge in [-0.05, 0) is 123 Å². The van der Waals surface area contributed by atoms with Crippen LogP contribution in [0.1, 0.15) is 112 Å². The summed E-state index contributed by atoms with van der Waals surface area (Å²) < 4.78 is 15.5. The molecule has 0 radical (unpaired) electrons. The first kappa shape index (κ1) is 24.0. The first-order valence-electron chi connectivity index (χ1n) is 13.6. The molecule has 0 spiro atoms. The lowest BCUT2D eigenvalue weighted by Crippen LogP contribution is -2.56. The van der Waals surface area contributed by atoms with Gasteiger partial charge in [-0.3, -0.25) is 0 Å². The molecule has 0 aromatic carbocycles. The van der Waals surface area contributed by atoms with Crippen molar-refractivity contribution >= 4 is 0 Å². The molecule has 3 heteroatoms. The van der Waals surface area contributed by atoms with Crippen LogP contribution in [0.5, 0.6) is 0 Å². The zero-order valence-electron chi connectivity index (χ0n) is 20.9. The van der Waals surface area contributed by atoms with Crippen LogP contribution in [0.3, 0.4) is 0 Å².